The fourth-order valence-corrected chi connectivity index (χ4v) is 2.50. The van der Waals surface area contributed by atoms with Crippen molar-refractivity contribution in [2.45, 2.75) is 64.5 Å². The van der Waals surface area contributed by atoms with Crippen molar-refractivity contribution in [3.63, 3.8) is 0 Å². The van der Waals surface area contributed by atoms with Crippen LogP contribution >= 0.6 is 11.8 Å². The Morgan fingerprint density at radius 2 is 1.89 bits per heavy atom. The molecule has 1 N–H and O–H groups in total. The van der Waals surface area contributed by atoms with E-state index in [-0.39, 0.29) is 5.54 Å². The van der Waals surface area contributed by atoms with E-state index in [1.807, 2.05) is 13.8 Å². The summed E-state index contributed by atoms with van der Waals surface area (Å²) in [5.41, 5.74) is 1.14. The van der Waals surface area contributed by atoms with E-state index in [0.717, 1.165) is 23.2 Å². The predicted octanol–water partition coefficient (Wildman–Crippen LogP) is 3.80. The van der Waals surface area contributed by atoms with Crippen molar-refractivity contribution in [2.75, 3.05) is 6.54 Å². The Morgan fingerprint density at radius 1 is 1.28 bits per heavy atom. The van der Waals surface area contributed by atoms with E-state index in [1.165, 1.54) is 0 Å². The molecule has 0 aliphatic carbocycles. The van der Waals surface area contributed by atoms with Crippen LogP contribution in [-0.2, 0) is 0 Å². The summed E-state index contributed by atoms with van der Waals surface area (Å²) in [6, 6.07) is 0. The zero-order valence-electron chi connectivity index (χ0n) is 12.6. The Kier molecular flexibility index (Phi) is 5.29. The average molecular weight is 270 g/mol. The quantitative estimate of drug-likeness (QED) is 0.826. The smallest absolute Gasteiger partial charge is 0.256 e. The summed E-state index contributed by atoms with van der Waals surface area (Å²) < 4.78 is 5.65. The van der Waals surface area contributed by atoms with Crippen molar-refractivity contribution in [1.82, 2.24) is 10.3 Å². The molecule has 1 aromatic rings. The highest BCUT2D eigenvalue weighted by molar-refractivity contribution is 7.99. The summed E-state index contributed by atoms with van der Waals surface area (Å²) in [5, 5.41) is 4.82. The maximum atomic E-state index is 5.65. The monoisotopic (exact) mass is 270 g/mol. The standard InChI is InChI=1S/C14H26N2OS/c1-9(2)12(8-15-14(5,6)7)18-13-16-10(3)11(4)17-13/h9,12,15H,8H2,1-7H3. The lowest BCUT2D eigenvalue weighted by Gasteiger charge is -2.26. The van der Waals surface area contributed by atoms with E-state index < -0.39 is 0 Å². The van der Waals surface area contributed by atoms with E-state index >= 15 is 0 Å². The molecule has 0 saturated carbocycles. The summed E-state index contributed by atoms with van der Waals surface area (Å²) in [6.07, 6.45) is 0. The predicted molar refractivity (Wildman–Crippen MR) is 78.2 cm³/mol. The van der Waals surface area contributed by atoms with Crippen molar-refractivity contribution in [1.29, 1.82) is 0 Å². The number of rotatable bonds is 5. The van der Waals surface area contributed by atoms with E-state index in [0.29, 0.717) is 11.2 Å². The Balaban J connectivity index is 2.63. The molecule has 0 radical (unpaired) electrons. The van der Waals surface area contributed by atoms with Gasteiger partial charge in [0.15, 0.2) is 0 Å². The number of oxazole rings is 1. The number of aryl methyl sites for hydroxylation is 2. The normalized spacial score (nSPS) is 14.2. The third kappa shape index (κ3) is 5.02. The third-order valence-electron chi connectivity index (χ3n) is 2.84. The highest BCUT2D eigenvalue weighted by Crippen LogP contribution is 2.28. The summed E-state index contributed by atoms with van der Waals surface area (Å²) in [6.45, 7) is 16.0. The first-order chi connectivity index (χ1) is 8.19. The van der Waals surface area contributed by atoms with E-state index in [1.54, 1.807) is 11.8 Å². The maximum absolute atomic E-state index is 5.65. The number of nitrogens with one attached hydrogen (secondary N) is 1. The molecule has 1 heterocycles. The zero-order valence-corrected chi connectivity index (χ0v) is 13.4. The van der Waals surface area contributed by atoms with Crippen LogP contribution in [0.2, 0.25) is 0 Å². The Bertz CT molecular complexity index is 360. The minimum Gasteiger partial charge on any atom is -0.437 e. The van der Waals surface area contributed by atoms with Crippen LogP contribution < -0.4 is 5.32 Å². The Morgan fingerprint density at radius 3 is 2.28 bits per heavy atom. The summed E-state index contributed by atoms with van der Waals surface area (Å²) in [4.78, 5) is 4.45. The second-order valence-electron chi connectivity index (χ2n) is 6.15. The van der Waals surface area contributed by atoms with Crippen molar-refractivity contribution in [3.8, 4) is 0 Å². The Hall–Kier alpha value is -0.480. The van der Waals surface area contributed by atoms with Gasteiger partial charge in [-0.2, -0.15) is 0 Å². The molecule has 0 amide bonds. The number of aromatic nitrogens is 1. The van der Waals surface area contributed by atoms with Crippen LogP contribution in [-0.4, -0.2) is 22.3 Å². The highest BCUT2D eigenvalue weighted by atomic mass is 32.2. The molecule has 0 spiro atoms. The van der Waals surface area contributed by atoms with Gasteiger partial charge in [0, 0.05) is 17.3 Å². The topological polar surface area (TPSA) is 38.1 Å². The lowest BCUT2D eigenvalue weighted by molar-refractivity contribution is 0.401. The van der Waals surface area contributed by atoms with Gasteiger partial charge >= 0.3 is 0 Å². The van der Waals surface area contributed by atoms with Gasteiger partial charge in [-0.1, -0.05) is 25.6 Å². The molecule has 1 unspecified atom stereocenters. The molecular formula is C14H26N2OS. The Labute approximate surface area is 115 Å². The SMILES string of the molecule is Cc1nc(SC(CNC(C)(C)C)C(C)C)oc1C. The molecule has 3 nitrogen and oxygen atoms in total. The molecule has 0 fully saturated rings. The molecule has 0 aliphatic rings. The minimum atomic E-state index is 0.149. The van der Waals surface area contributed by atoms with Gasteiger partial charge < -0.3 is 9.73 Å². The first kappa shape index (κ1) is 15.6. The van der Waals surface area contributed by atoms with Crippen LogP contribution in [0, 0.1) is 19.8 Å². The second kappa shape index (κ2) is 6.11. The number of thioether (sulfide) groups is 1. The van der Waals surface area contributed by atoms with Crippen molar-refractivity contribution >= 4 is 11.8 Å². The molecule has 1 rings (SSSR count). The third-order valence-corrected chi connectivity index (χ3v) is 4.23. The molecule has 0 aromatic carbocycles. The lowest BCUT2D eigenvalue weighted by atomic mass is 10.1. The van der Waals surface area contributed by atoms with Crippen LogP contribution in [0.5, 0.6) is 0 Å². The van der Waals surface area contributed by atoms with Gasteiger partial charge in [0.25, 0.3) is 5.22 Å². The molecule has 1 aromatic heterocycles. The first-order valence-electron chi connectivity index (χ1n) is 6.55. The van der Waals surface area contributed by atoms with Gasteiger partial charge in [-0.3, -0.25) is 0 Å². The van der Waals surface area contributed by atoms with E-state index in [2.05, 4.69) is 44.9 Å². The maximum Gasteiger partial charge on any atom is 0.256 e. The summed E-state index contributed by atoms with van der Waals surface area (Å²) in [5.74, 6) is 1.50. The molecule has 0 aliphatic heterocycles. The molecule has 0 saturated heterocycles. The van der Waals surface area contributed by atoms with Crippen LogP contribution in [0.25, 0.3) is 0 Å². The molecule has 104 valence electrons. The van der Waals surface area contributed by atoms with Crippen LogP contribution in [0.4, 0.5) is 0 Å². The van der Waals surface area contributed by atoms with E-state index in [4.69, 9.17) is 4.42 Å². The van der Waals surface area contributed by atoms with Gasteiger partial charge in [-0.05, 0) is 40.5 Å². The van der Waals surface area contributed by atoms with Crippen molar-refractivity contribution in [2.24, 2.45) is 5.92 Å². The van der Waals surface area contributed by atoms with Crippen LogP contribution in [0.1, 0.15) is 46.1 Å². The van der Waals surface area contributed by atoms with Crippen LogP contribution in [0.3, 0.4) is 0 Å². The highest BCUT2D eigenvalue weighted by Gasteiger charge is 2.20. The van der Waals surface area contributed by atoms with Gasteiger partial charge in [-0.15, -0.1) is 0 Å². The largest absolute Gasteiger partial charge is 0.437 e. The zero-order chi connectivity index (χ0) is 13.9. The first-order valence-corrected chi connectivity index (χ1v) is 7.42. The van der Waals surface area contributed by atoms with Gasteiger partial charge in [0.2, 0.25) is 0 Å². The number of hydrogen-bond acceptors (Lipinski definition) is 4. The fraction of sp³-hybridized carbons (Fsp3) is 0.786. The van der Waals surface area contributed by atoms with Gasteiger partial charge in [0.05, 0.1) is 5.69 Å². The lowest BCUT2D eigenvalue weighted by Crippen LogP contribution is -2.41. The average Bonchev–Trinajstić information content (AvgIpc) is 2.51. The van der Waals surface area contributed by atoms with Crippen molar-refractivity contribution < 1.29 is 4.42 Å². The molecule has 0 bridgehead atoms. The fourth-order valence-electron chi connectivity index (χ4n) is 1.44. The molecular weight excluding hydrogens is 244 g/mol. The van der Waals surface area contributed by atoms with Crippen molar-refractivity contribution in [3.05, 3.63) is 11.5 Å². The van der Waals surface area contributed by atoms with E-state index in [9.17, 15) is 0 Å². The van der Waals surface area contributed by atoms with Gasteiger partial charge in [0.1, 0.15) is 5.76 Å². The second-order valence-corrected chi connectivity index (χ2v) is 7.34. The number of nitrogens with zero attached hydrogens (tertiary/aromatic N) is 1. The summed E-state index contributed by atoms with van der Waals surface area (Å²) >= 11 is 1.73. The minimum absolute atomic E-state index is 0.149. The molecule has 18 heavy (non-hydrogen) atoms. The number of hydrogen-bond donors (Lipinski definition) is 1. The molecule has 1 atom stereocenters. The summed E-state index contributed by atoms with van der Waals surface area (Å²) in [7, 11) is 0. The molecule has 4 heteroatoms. The van der Waals surface area contributed by atoms with Crippen LogP contribution in [0.15, 0.2) is 9.64 Å². The van der Waals surface area contributed by atoms with Gasteiger partial charge in [-0.25, -0.2) is 4.98 Å².